The van der Waals surface area contributed by atoms with Crippen molar-refractivity contribution in [1.82, 2.24) is 10.3 Å². The smallest absolute Gasteiger partial charge is 0.0891 e. The number of ether oxygens (including phenoxy) is 1. The molecule has 1 N–H and O–H groups in total. The number of pyridine rings is 1. The molecule has 1 aromatic heterocycles. The van der Waals surface area contributed by atoms with Crippen LogP contribution in [0.4, 0.5) is 0 Å². The van der Waals surface area contributed by atoms with Crippen molar-refractivity contribution >= 4 is 0 Å². The van der Waals surface area contributed by atoms with Gasteiger partial charge in [0.15, 0.2) is 0 Å². The summed E-state index contributed by atoms with van der Waals surface area (Å²) in [5.41, 5.74) is 2.22. The van der Waals surface area contributed by atoms with Gasteiger partial charge in [-0.15, -0.1) is 0 Å². The summed E-state index contributed by atoms with van der Waals surface area (Å²) >= 11 is 0. The Labute approximate surface area is 90.9 Å². The van der Waals surface area contributed by atoms with E-state index in [1.54, 1.807) is 0 Å². The van der Waals surface area contributed by atoms with Crippen LogP contribution in [-0.4, -0.2) is 24.2 Å². The number of hydrogen-bond donors (Lipinski definition) is 1. The molecule has 15 heavy (non-hydrogen) atoms. The maximum Gasteiger partial charge on any atom is 0.0891 e. The van der Waals surface area contributed by atoms with E-state index in [2.05, 4.69) is 16.4 Å². The van der Waals surface area contributed by atoms with Gasteiger partial charge in [-0.2, -0.15) is 0 Å². The summed E-state index contributed by atoms with van der Waals surface area (Å²) in [7, 11) is 0. The minimum Gasteiger partial charge on any atom is -0.372 e. The minimum atomic E-state index is 0.411. The van der Waals surface area contributed by atoms with E-state index in [0.717, 1.165) is 31.6 Å². The molecule has 1 fully saturated rings. The third-order valence-electron chi connectivity index (χ3n) is 2.73. The molecule has 1 saturated heterocycles. The van der Waals surface area contributed by atoms with E-state index in [0.29, 0.717) is 12.7 Å². The first-order valence-electron chi connectivity index (χ1n) is 5.58. The topological polar surface area (TPSA) is 34.1 Å². The first-order valence-corrected chi connectivity index (χ1v) is 5.58. The highest BCUT2D eigenvalue weighted by Crippen LogP contribution is 2.10. The van der Waals surface area contributed by atoms with E-state index in [1.165, 1.54) is 5.56 Å². The van der Waals surface area contributed by atoms with Gasteiger partial charge < -0.3 is 10.1 Å². The molecule has 0 saturated carbocycles. The van der Waals surface area contributed by atoms with Crippen LogP contribution in [0.5, 0.6) is 0 Å². The maximum atomic E-state index is 5.81. The number of nitrogens with one attached hydrogen (secondary N) is 1. The third-order valence-corrected chi connectivity index (χ3v) is 2.73. The summed E-state index contributed by atoms with van der Waals surface area (Å²) in [5.74, 6) is 0. The average molecular weight is 206 g/mol. The molecular formula is C12H18N2O. The Hall–Kier alpha value is -0.930. The lowest BCUT2D eigenvalue weighted by molar-refractivity contribution is 0.0196. The van der Waals surface area contributed by atoms with E-state index in [4.69, 9.17) is 4.74 Å². The van der Waals surface area contributed by atoms with E-state index in [9.17, 15) is 0 Å². The summed E-state index contributed by atoms with van der Waals surface area (Å²) in [6.45, 7) is 4.84. The maximum absolute atomic E-state index is 5.81. The van der Waals surface area contributed by atoms with E-state index in [1.807, 2.05) is 19.2 Å². The molecule has 0 atom stereocenters. The number of piperidine rings is 1. The lowest BCUT2D eigenvalue weighted by Crippen LogP contribution is -2.32. The molecule has 1 aliphatic rings. The normalized spacial score (nSPS) is 17.9. The largest absolute Gasteiger partial charge is 0.372 e. The van der Waals surface area contributed by atoms with E-state index < -0.39 is 0 Å². The summed E-state index contributed by atoms with van der Waals surface area (Å²) in [6.07, 6.45) is 4.54. The summed E-state index contributed by atoms with van der Waals surface area (Å²) in [5, 5.41) is 3.32. The van der Waals surface area contributed by atoms with Crippen molar-refractivity contribution in [3.05, 3.63) is 29.6 Å². The van der Waals surface area contributed by atoms with Crippen molar-refractivity contribution in [3.8, 4) is 0 Å². The summed E-state index contributed by atoms with van der Waals surface area (Å²) in [6, 6.07) is 4.12. The molecule has 2 heterocycles. The van der Waals surface area contributed by atoms with Crippen LogP contribution in [0.2, 0.25) is 0 Å². The monoisotopic (exact) mass is 206 g/mol. The second-order valence-electron chi connectivity index (χ2n) is 4.09. The van der Waals surface area contributed by atoms with Gasteiger partial charge in [0.1, 0.15) is 0 Å². The van der Waals surface area contributed by atoms with Crippen molar-refractivity contribution < 1.29 is 4.74 Å². The van der Waals surface area contributed by atoms with Gasteiger partial charge in [0.2, 0.25) is 0 Å². The molecule has 0 radical (unpaired) electrons. The molecule has 3 nitrogen and oxygen atoms in total. The molecule has 82 valence electrons. The molecule has 3 heteroatoms. The first-order chi connectivity index (χ1) is 7.34. The average Bonchev–Trinajstić information content (AvgIpc) is 2.30. The van der Waals surface area contributed by atoms with Crippen LogP contribution in [0.25, 0.3) is 0 Å². The second-order valence-corrected chi connectivity index (χ2v) is 4.09. The molecule has 0 amide bonds. The SMILES string of the molecule is Cc1ccc(COC2CCNCC2)nc1. The molecule has 0 spiro atoms. The predicted molar refractivity (Wildman–Crippen MR) is 59.7 cm³/mol. The highest BCUT2D eigenvalue weighted by Gasteiger charge is 2.13. The van der Waals surface area contributed by atoms with Crippen LogP contribution in [0.15, 0.2) is 18.3 Å². The van der Waals surface area contributed by atoms with Gasteiger partial charge in [-0.25, -0.2) is 0 Å². The Morgan fingerprint density at radius 1 is 1.40 bits per heavy atom. The Morgan fingerprint density at radius 2 is 2.20 bits per heavy atom. The molecule has 0 bridgehead atoms. The lowest BCUT2D eigenvalue weighted by atomic mass is 10.1. The van der Waals surface area contributed by atoms with E-state index in [-0.39, 0.29) is 0 Å². The fraction of sp³-hybridized carbons (Fsp3) is 0.583. The van der Waals surface area contributed by atoms with Crippen molar-refractivity contribution in [2.75, 3.05) is 13.1 Å². The molecule has 2 rings (SSSR count). The number of aryl methyl sites for hydroxylation is 1. The fourth-order valence-electron chi connectivity index (χ4n) is 1.75. The zero-order chi connectivity index (χ0) is 10.5. The van der Waals surface area contributed by atoms with E-state index >= 15 is 0 Å². The van der Waals surface area contributed by atoms with Crippen molar-refractivity contribution in [2.45, 2.75) is 32.5 Å². The van der Waals surface area contributed by atoms with Crippen LogP contribution >= 0.6 is 0 Å². The Balaban J connectivity index is 1.79. The molecule has 0 aliphatic carbocycles. The molecule has 1 aliphatic heterocycles. The number of aromatic nitrogens is 1. The number of rotatable bonds is 3. The molecule has 0 unspecified atom stereocenters. The zero-order valence-corrected chi connectivity index (χ0v) is 9.20. The molecule has 1 aromatic rings. The Bertz CT molecular complexity index is 291. The van der Waals surface area contributed by atoms with Gasteiger partial charge in [0.05, 0.1) is 18.4 Å². The summed E-state index contributed by atoms with van der Waals surface area (Å²) in [4.78, 5) is 4.32. The second kappa shape index (κ2) is 5.24. The first kappa shape index (κ1) is 10.6. The Kier molecular flexibility index (Phi) is 3.69. The van der Waals surface area contributed by atoms with Crippen LogP contribution in [0.1, 0.15) is 24.1 Å². The third kappa shape index (κ3) is 3.29. The van der Waals surface area contributed by atoms with Gasteiger partial charge in [-0.05, 0) is 44.5 Å². The van der Waals surface area contributed by atoms with Crippen LogP contribution in [0, 0.1) is 6.92 Å². The van der Waals surface area contributed by atoms with Crippen LogP contribution < -0.4 is 5.32 Å². The van der Waals surface area contributed by atoms with Crippen molar-refractivity contribution in [2.24, 2.45) is 0 Å². The highest BCUT2D eigenvalue weighted by molar-refractivity contribution is 5.11. The Morgan fingerprint density at radius 3 is 2.87 bits per heavy atom. The number of hydrogen-bond acceptors (Lipinski definition) is 3. The predicted octanol–water partition coefficient (Wildman–Crippen LogP) is 1.66. The lowest BCUT2D eigenvalue weighted by Gasteiger charge is -2.22. The van der Waals surface area contributed by atoms with Gasteiger partial charge >= 0.3 is 0 Å². The zero-order valence-electron chi connectivity index (χ0n) is 9.20. The molecular weight excluding hydrogens is 188 g/mol. The van der Waals surface area contributed by atoms with Crippen LogP contribution in [0.3, 0.4) is 0 Å². The quantitative estimate of drug-likeness (QED) is 0.816. The van der Waals surface area contributed by atoms with Gasteiger partial charge in [0.25, 0.3) is 0 Å². The van der Waals surface area contributed by atoms with Crippen molar-refractivity contribution in [3.63, 3.8) is 0 Å². The van der Waals surface area contributed by atoms with Gasteiger partial charge in [-0.3, -0.25) is 4.98 Å². The van der Waals surface area contributed by atoms with Crippen molar-refractivity contribution in [1.29, 1.82) is 0 Å². The summed E-state index contributed by atoms with van der Waals surface area (Å²) < 4.78 is 5.81. The van der Waals surface area contributed by atoms with Gasteiger partial charge in [-0.1, -0.05) is 6.07 Å². The highest BCUT2D eigenvalue weighted by atomic mass is 16.5. The minimum absolute atomic E-state index is 0.411. The molecule has 0 aromatic carbocycles. The number of nitrogens with zero attached hydrogens (tertiary/aromatic N) is 1. The standard InChI is InChI=1S/C12H18N2O/c1-10-2-3-11(14-8-10)9-15-12-4-6-13-7-5-12/h2-3,8,12-13H,4-7,9H2,1H3. The van der Waals surface area contributed by atoms with Crippen LogP contribution in [-0.2, 0) is 11.3 Å². The fourth-order valence-corrected chi connectivity index (χ4v) is 1.75. The van der Waals surface area contributed by atoms with Gasteiger partial charge in [0, 0.05) is 6.20 Å².